The summed E-state index contributed by atoms with van der Waals surface area (Å²) in [6.45, 7) is -0.292. The Bertz CT molecular complexity index is 688. The first kappa shape index (κ1) is 13.4. The number of carbonyl (C=O) groups excluding carboxylic acids is 2. The summed E-state index contributed by atoms with van der Waals surface area (Å²) in [5, 5.41) is 9.65. The van der Waals surface area contributed by atoms with Crippen molar-refractivity contribution in [2.75, 3.05) is 11.5 Å². The van der Waals surface area contributed by atoms with Crippen LogP contribution in [0.25, 0.3) is 0 Å². The molecule has 3 aliphatic rings. The van der Waals surface area contributed by atoms with E-state index in [4.69, 9.17) is 4.74 Å². The van der Waals surface area contributed by atoms with E-state index in [0.29, 0.717) is 5.69 Å². The van der Waals surface area contributed by atoms with Crippen molar-refractivity contribution in [2.45, 2.75) is 11.7 Å². The predicted molar refractivity (Wildman–Crippen MR) is 82.5 cm³/mol. The molecule has 0 radical (unpaired) electrons. The minimum Gasteiger partial charge on any atom is -0.393 e. The number of amides is 2. The summed E-state index contributed by atoms with van der Waals surface area (Å²) in [6.07, 6.45) is 3.09. The summed E-state index contributed by atoms with van der Waals surface area (Å²) in [5.41, 5.74) is -0.424. The van der Waals surface area contributed by atoms with Crippen molar-refractivity contribution in [1.82, 2.24) is 0 Å². The molecule has 0 saturated carbocycles. The smallest absolute Gasteiger partial charge is 0.241 e. The summed E-state index contributed by atoms with van der Waals surface area (Å²) in [7, 11) is 0. The van der Waals surface area contributed by atoms with E-state index in [1.165, 1.54) is 4.90 Å². The van der Waals surface area contributed by atoms with E-state index >= 15 is 0 Å². The number of ether oxygens (including phenoxy) is 1. The highest BCUT2D eigenvalue weighted by molar-refractivity contribution is 14.1. The largest absolute Gasteiger partial charge is 0.393 e. The average molecular weight is 397 g/mol. The van der Waals surface area contributed by atoms with Crippen LogP contribution in [0.1, 0.15) is 0 Å². The molecule has 5 nitrogen and oxygen atoms in total. The van der Waals surface area contributed by atoms with Gasteiger partial charge in [0.1, 0.15) is 5.60 Å². The topological polar surface area (TPSA) is 66.8 Å². The molecule has 0 aliphatic carbocycles. The normalized spacial score (nSPS) is 36.7. The van der Waals surface area contributed by atoms with E-state index in [1.54, 1.807) is 24.3 Å². The third-order valence-corrected chi connectivity index (χ3v) is 5.41. The zero-order valence-corrected chi connectivity index (χ0v) is 13.1. The number of aliphatic hydroxyl groups excluding tert-OH is 1. The first-order valence-corrected chi connectivity index (χ1v) is 7.77. The van der Waals surface area contributed by atoms with Crippen LogP contribution < -0.4 is 4.90 Å². The lowest BCUT2D eigenvalue weighted by Crippen LogP contribution is -2.43. The Hall–Kier alpha value is -1.25. The van der Waals surface area contributed by atoms with Gasteiger partial charge in [0.25, 0.3) is 0 Å². The third kappa shape index (κ3) is 1.58. The fourth-order valence-corrected chi connectivity index (χ4v) is 4.18. The standard InChI is InChI=1S/C15H12INO4/c16-8-3-1-2-4-9(8)17-13(19)11-10-5-6-15(7-18,21-10)12(11)14(17)20/h1-6,10-12,18H,7H2/t10-,11-,12-,15+/m0/s1. The molecule has 1 aromatic rings. The molecule has 2 saturated heterocycles. The van der Waals surface area contributed by atoms with Crippen LogP contribution in [0.5, 0.6) is 0 Å². The molecule has 3 aliphatic heterocycles. The van der Waals surface area contributed by atoms with Crippen LogP contribution in [0.2, 0.25) is 0 Å². The summed E-state index contributed by atoms with van der Waals surface area (Å²) in [4.78, 5) is 26.7. The molecule has 0 unspecified atom stereocenters. The molecular formula is C15H12INO4. The van der Waals surface area contributed by atoms with Gasteiger partial charge in [-0.15, -0.1) is 0 Å². The molecule has 0 aromatic heterocycles. The molecule has 2 amide bonds. The second-order valence-electron chi connectivity index (χ2n) is 5.52. The Morgan fingerprint density at radius 1 is 1.29 bits per heavy atom. The highest BCUT2D eigenvalue weighted by Crippen LogP contribution is 2.52. The lowest BCUT2D eigenvalue weighted by Gasteiger charge is -2.26. The molecule has 2 fully saturated rings. The van der Waals surface area contributed by atoms with Crippen LogP contribution in [-0.2, 0) is 14.3 Å². The Labute approximate surface area is 134 Å². The number of anilines is 1. The van der Waals surface area contributed by atoms with Gasteiger partial charge in [0.05, 0.1) is 30.2 Å². The van der Waals surface area contributed by atoms with Crippen LogP contribution in [0.4, 0.5) is 5.69 Å². The van der Waals surface area contributed by atoms with Crippen molar-refractivity contribution in [1.29, 1.82) is 0 Å². The molecule has 0 spiro atoms. The van der Waals surface area contributed by atoms with Gasteiger partial charge in [0, 0.05) is 3.57 Å². The van der Waals surface area contributed by atoms with E-state index in [2.05, 4.69) is 22.6 Å². The van der Waals surface area contributed by atoms with Crippen molar-refractivity contribution >= 4 is 40.1 Å². The van der Waals surface area contributed by atoms with E-state index in [-0.39, 0.29) is 18.4 Å². The van der Waals surface area contributed by atoms with Gasteiger partial charge in [-0.2, -0.15) is 0 Å². The van der Waals surface area contributed by atoms with E-state index < -0.39 is 23.5 Å². The minimum atomic E-state index is -1.03. The second-order valence-corrected chi connectivity index (χ2v) is 6.68. The Kier molecular flexibility index (Phi) is 2.79. The molecule has 1 aromatic carbocycles. The number of carbonyl (C=O) groups is 2. The number of para-hydroxylation sites is 1. The number of nitrogens with zero attached hydrogens (tertiary/aromatic N) is 1. The van der Waals surface area contributed by atoms with E-state index in [1.807, 2.05) is 12.1 Å². The van der Waals surface area contributed by atoms with E-state index in [0.717, 1.165) is 3.57 Å². The SMILES string of the molecule is O=C1[C@H]2[C@@H]3C=C[C@](CO)(O3)[C@@H]2C(=O)N1c1ccccc1I. The number of hydrogen-bond acceptors (Lipinski definition) is 4. The van der Waals surface area contributed by atoms with Crippen molar-refractivity contribution in [3.8, 4) is 0 Å². The predicted octanol–water partition coefficient (Wildman–Crippen LogP) is 1.10. The van der Waals surface area contributed by atoms with Gasteiger partial charge in [0.15, 0.2) is 0 Å². The third-order valence-electron chi connectivity index (χ3n) is 4.50. The lowest BCUT2D eigenvalue weighted by molar-refractivity contribution is -0.128. The Morgan fingerprint density at radius 3 is 2.76 bits per heavy atom. The highest BCUT2D eigenvalue weighted by atomic mass is 127. The monoisotopic (exact) mass is 397 g/mol. The maximum Gasteiger partial charge on any atom is 0.241 e. The van der Waals surface area contributed by atoms with Gasteiger partial charge in [-0.1, -0.05) is 24.3 Å². The Morgan fingerprint density at radius 2 is 2.05 bits per heavy atom. The summed E-state index contributed by atoms with van der Waals surface area (Å²) >= 11 is 2.11. The van der Waals surface area contributed by atoms with Gasteiger partial charge in [-0.25, -0.2) is 4.90 Å². The first-order chi connectivity index (χ1) is 10.1. The second kappa shape index (κ2) is 4.37. The van der Waals surface area contributed by atoms with Crippen molar-refractivity contribution < 1.29 is 19.4 Å². The number of aliphatic hydroxyl groups is 1. The van der Waals surface area contributed by atoms with Crippen molar-refractivity contribution in [2.24, 2.45) is 11.8 Å². The van der Waals surface area contributed by atoms with Crippen LogP contribution in [-0.4, -0.2) is 35.2 Å². The van der Waals surface area contributed by atoms with Crippen LogP contribution in [0.3, 0.4) is 0 Å². The van der Waals surface area contributed by atoms with Gasteiger partial charge in [0.2, 0.25) is 11.8 Å². The zero-order chi connectivity index (χ0) is 14.8. The molecule has 21 heavy (non-hydrogen) atoms. The zero-order valence-electron chi connectivity index (χ0n) is 10.9. The van der Waals surface area contributed by atoms with Crippen molar-refractivity contribution in [3.63, 3.8) is 0 Å². The molecule has 4 atom stereocenters. The molecule has 1 N–H and O–H groups in total. The number of fused-ring (bicyclic) bond motifs is 5. The maximum absolute atomic E-state index is 12.8. The quantitative estimate of drug-likeness (QED) is 0.461. The minimum absolute atomic E-state index is 0.237. The molecule has 6 heteroatoms. The number of hydrogen-bond donors (Lipinski definition) is 1. The Balaban J connectivity index is 1.81. The first-order valence-electron chi connectivity index (χ1n) is 6.69. The molecule has 4 rings (SSSR count). The molecule has 108 valence electrons. The van der Waals surface area contributed by atoms with E-state index in [9.17, 15) is 14.7 Å². The van der Waals surface area contributed by atoms with Gasteiger partial charge in [-0.3, -0.25) is 9.59 Å². The van der Waals surface area contributed by atoms with Gasteiger partial charge < -0.3 is 9.84 Å². The lowest BCUT2D eigenvalue weighted by atomic mass is 9.77. The summed E-state index contributed by atoms with van der Waals surface area (Å²) in [5.74, 6) is -1.67. The molecule has 2 bridgehead atoms. The average Bonchev–Trinajstić information content (AvgIpc) is 3.12. The maximum atomic E-state index is 12.8. The number of halogens is 1. The van der Waals surface area contributed by atoms with Crippen LogP contribution >= 0.6 is 22.6 Å². The summed E-state index contributed by atoms with van der Waals surface area (Å²) < 4.78 is 6.54. The summed E-state index contributed by atoms with van der Waals surface area (Å²) in [6, 6.07) is 7.29. The van der Waals surface area contributed by atoms with Crippen LogP contribution in [0, 0.1) is 15.4 Å². The van der Waals surface area contributed by atoms with Crippen LogP contribution in [0.15, 0.2) is 36.4 Å². The number of benzene rings is 1. The molecular weight excluding hydrogens is 385 g/mol. The highest BCUT2D eigenvalue weighted by Gasteiger charge is 2.67. The fourth-order valence-electron chi connectivity index (χ4n) is 3.55. The number of rotatable bonds is 2. The fraction of sp³-hybridized carbons (Fsp3) is 0.333. The van der Waals surface area contributed by atoms with Crippen molar-refractivity contribution in [3.05, 3.63) is 40.0 Å². The van der Waals surface area contributed by atoms with Gasteiger partial charge >= 0.3 is 0 Å². The molecule has 3 heterocycles. The number of imide groups is 1. The van der Waals surface area contributed by atoms with Gasteiger partial charge in [-0.05, 0) is 34.7 Å².